The molecule has 0 saturated carbocycles. The van der Waals surface area contributed by atoms with Crippen LogP contribution in [0.15, 0.2) is 58.1 Å². The summed E-state index contributed by atoms with van der Waals surface area (Å²) in [6, 6.07) is 13.9. The molecule has 1 fully saturated rings. The lowest BCUT2D eigenvalue weighted by Gasteiger charge is -2.31. The quantitative estimate of drug-likeness (QED) is 0.369. The maximum atomic E-state index is 12.1. The summed E-state index contributed by atoms with van der Waals surface area (Å²) < 4.78 is 5.29. The minimum atomic E-state index is -1.00. The number of phenolic OH excluding ortho intramolecular Hbond substituents is 1. The lowest BCUT2D eigenvalue weighted by molar-refractivity contribution is -0.0611. The summed E-state index contributed by atoms with van der Waals surface area (Å²) >= 11 is 0. The number of morpholine rings is 1. The van der Waals surface area contributed by atoms with Gasteiger partial charge in [0.05, 0.1) is 18.9 Å². The van der Waals surface area contributed by atoms with Crippen molar-refractivity contribution in [2.75, 3.05) is 36.9 Å². The smallest absolute Gasteiger partial charge is 0.253 e. The van der Waals surface area contributed by atoms with Gasteiger partial charge in [0.1, 0.15) is 23.4 Å². The molecule has 8 nitrogen and oxygen atoms in total. The Morgan fingerprint density at radius 3 is 2.24 bits per heavy atom. The van der Waals surface area contributed by atoms with Crippen LogP contribution in [0.25, 0.3) is 0 Å². The van der Waals surface area contributed by atoms with E-state index < -0.39 is 17.1 Å². The van der Waals surface area contributed by atoms with Gasteiger partial charge in [-0.15, -0.1) is 0 Å². The van der Waals surface area contributed by atoms with Gasteiger partial charge in [-0.05, 0) is 18.2 Å². The summed E-state index contributed by atoms with van der Waals surface area (Å²) in [7, 11) is 0. The average molecular weight is 395 g/mol. The van der Waals surface area contributed by atoms with Crippen LogP contribution in [0.4, 0.5) is 22.7 Å². The van der Waals surface area contributed by atoms with Crippen molar-refractivity contribution < 1.29 is 14.9 Å². The van der Waals surface area contributed by atoms with Gasteiger partial charge in [0.2, 0.25) is 0 Å². The number of ether oxygens (including phenoxy) is 1. The minimum absolute atomic E-state index is 0.0761. The normalized spacial score (nSPS) is 15.9. The molecule has 8 heteroatoms. The number of hydrogen-bond donors (Lipinski definition) is 4. The van der Waals surface area contributed by atoms with Gasteiger partial charge in [0.25, 0.3) is 10.9 Å². The summed E-state index contributed by atoms with van der Waals surface area (Å²) in [5.41, 5.74) is 0.142. The Morgan fingerprint density at radius 1 is 0.897 bits per heavy atom. The van der Waals surface area contributed by atoms with E-state index in [0.29, 0.717) is 37.6 Å². The summed E-state index contributed by atoms with van der Waals surface area (Å²) in [5.74, 6) is -0.176. The molecule has 3 aromatic rings. The Labute approximate surface area is 166 Å². The fraction of sp³-hybridized carbons (Fsp3) is 0.238. The van der Waals surface area contributed by atoms with Crippen molar-refractivity contribution in [2.24, 2.45) is 0 Å². The molecule has 0 bridgehead atoms. The molecule has 0 radical (unpaired) electrons. The second-order valence-corrected chi connectivity index (χ2v) is 6.79. The molecule has 1 heterocycles. The van der Waals surface area contributed by atoms with Crippen molar-refractivity contribution in [3.05, 3.63) is 74.5 Å². The van der Waals surface area contributed by atoms with Crippen molar-refractivity contribution in [1.29, 1.82) is 0 Å². The zero-order chi connectivity index (χ0) is 20.4. The third-order valence-corrected chi connectivity index (χ3v) is 4.95. The summed E-state index contributed by atoms with van der Waals surface area (Å²) in [5, 5.41) is 27.1. The van der Waals surface area contributed by atoms with Gasteiger partial charge in [-0.2, -0.15) is 0 Å². The number of phenols is 1. The van der Waals surface area contributed by atoms with Crippen LogP contribution in [-0.4, -0.2) is 41.4 Å². The number of rotatable bonds is 6. The molecule has 1 aliphatic rings. The van der Waals surface area contributed by atoms with Crippen LogP contribution in [0, 0.1) is 0 Å². The number of nitrogens with one attached hydrogen (secondary N) is 2. The van der Waals surface area contributed by atoms with E-state index in [0.717, 1.165) is 0 Å². The third-order valence-electron chi connectivity index (χ3n) is 4.95. The second kappa shape index (κ2) is 8.04. The topological polar surface area (TPSA) is 111 Å². The molecule has 4 N–H and O–H groups in total. The highest BCUT2D eigenvalue weighted by Crippen LogP contribution is 2.36. The molecule has 0 spiro atoms. The summed E-state index contributed by atoms with van der Waals surface area (Å²) in [4.78, 5) is 25.9. The molecule has 150 valence electrons. The maximum Gasteiger partial charge on any atom is 0.253 e. The average Bonchev–Trinajstić information content (AvgIpc) is 2.77. The van der Waals surface area contributed by atoms with E-state index >= 15 is 0 Å². The van der Waals surface area contributed by atoms with Gasteiger partial charge in [0, 0.05) is 24.3 Å². The first-order valence-electron chi connectivity index (χ1n) is 9.30. The first-order valence-corrected chi connectivity index (χ1v) is 9.30. The predicted octanol–water partition coefficient (Wildman–Crippen LogP) is 1.80. The molecule has 3 aromatic carbocycles. The lowest BCUT2D eigenvalue weighted by atomic mass is 10.1. The van der Waals surface area contributed by atoms with Crippen molar-refractivity contribution in [2.45, 2.75) is 6.23 Å². The molecule has 1 unspecified atom stereocenters. The maximum absolute atomic E-state index is 12.1. The zero-order valence-electron chi connectivity index (χ0n) is 15.6. The fourth-order valence-corrected chi connectivity index (χ4v) is 3.32. The molecule has 29 heavy (non-hydrogen) atoms. The summed E-state index contributed by atoms with van der Waals surface area (Å²) in [6.45, 7) is 2.10. The van der Waals surface area contributed by atoms with Crippen LogP contribution < -0.4 is 21.5 Å². The molecular weight excluding hydrogens is 374 g/mol. The number of hydrogen-bond acceptors (Lipinski definition) is 8. The minimum Gasteiger partial charge on any atom is -0.505 e. The molecule has 0 amide bonds. The SMILES string of the molecule is O=c1c(Nc2ccccc2)c(Nc2cccc(C(O)N3CCOCC3)c2O)c1=O. The second-order valence-electron chi connectivity index (χ2n) is 6.79. The van der Waals surface area contributed by atoms with Gasteiger partial charge in [-0.25, -0.2) is 0 Å². The first-order chi connectivity index (χ1) is 14.1. The van der Waals surface area contributed by atoms with Crippen LogP contribution in [0.3, 0.4) is 0 Å². The van der Waals surface area contributed by atoms with Gasteiger partial charge in [0.15, 0.2) is 0 Å². The van der Waals surface area contributed by atoms with Crippen LogP contribution in [0.5, 0.6) is 5.75 Å². The van der Waals surface area contributed by atoms with E-state index in [4.69, 9.17) is 4.74 Å². The molecule has 4 rings (SSSR count). The molecule has 1 saturated heterocycles. The predicted molar refractivity (Wildman–Crippen MR) is 110 cm³/mol. The van der Waals surface area contributed by atoms with E-state index in [2.05, 4.69) is 10.6 Å². The van der Waals surface area contributed by atoms with Gasteiger partial charge in [-0.1, -0.05) is 30.3 Å². The van der Waals surface area contributed by atoms with Gasteiger partial charge < -0.3 is 25.6 Å². The number of nitrogens with zero attached hydrogens (tertiary/aromatic N) is 1. The van der Waals surface area contributed by atoms with Crippen LogP contribution in [0.2, 0.25) is 0 Å². The van der Waals surface area contributed by atoms with E-state index in [1.165, 1.54) is 0 Å². The Hall–Kier alpha value is -3.20. The van der Waals surface area contributed by atoms with E-state index in [-0.39, 0.29) is 22.8 Å². The van der Waals surface area contributed by atoms with E-state index in [1.54, 1.807) is 35.2 Å². The molecule has 1 aliphatic heterocycles. The van der Waals surface area contributed by atoms with E-state index in [9.17, 15) is 19.8 Å². The highest BCUT2D eigenvalue weighted by atomic mass is 16.5. The van der Waals surface area contributed by atoms with Crippen molar-refractivity contribution in [3.63, 3.8) is 0 Å². The van der Waals surface area contributed by atoms with Crippen molar-refractivity contribution in [1.82, 2.24) is 4.90 Å². The molecule has 0 aromatic heterocycles. The Balaban J connectivity index is 1.59. The Bertz CT molecular complexity index is 1070. The first kappa shape index (κ1) is 19.1. The fourth-order valence-electron chi connectivity index (χ4n) is 3.32. The molecular formula is C21H21N3O5. The number of aliphatic hydroxyl groups excluding tert-OH is 1. The molecule has 0 aliphatic carbocycles. The lowest BCUT2D eigenvalue weighted by Crippen LogP contribution is -2.39. The largest absolute Gasteiger partial charge is 0.505 e. The number of aromatic hydroxyl groups is 1. The van der Waals surface area contributed by atoms with Crippen LogP contribution in [0.1, 0.15) is 11.8 Å². The highest BCUT2D eigenvalue weighted by Gasteiger charge is 2.26. The number of para-hydroxylation sites is 2. The highest BCUT2D eigenvalue weighted by molar-refractivity contribution is 5.83. The van der Waals surface area contributed by atoms with Crippen molar-refractivity contribution in [3.8, 4) is 5.75 Å². The number of anilines is 4. The Kier molecular flexibility index (Phi) is 5.30. The number of aliphatic hydroxyl groups is 1. The number of benzene rings is 2. The van der Waals surface area contributed by atoms with Crippen LogP contribution >= 0.6 is 0 Å². The summed E-state index contributed by atoms with van der Waals surface area (Å²) in [6.07, 6.45) is -1.00. The zero-order valence-corrected chi connectivity index (χ0v) is 15.6. The van der Waals surface area contributed by atoms with Crippen LogP contribution in [-0.2, 0) is 4.74 Å². The van der Waals surface area contributed by atoms with E-state index in [1.807, 2.05) is 18.2 Å². The third kappa shape index (κ3) is 3.73. The standard InChI is InChI=1S/C21H21N3O5/c25-18-14(21(28)24-9-11-29-12-10-24)7-4-8-15(18)23-17-16(19(26)20(17)27)22-13-5-2-1-3-6-13/h1-8,21-23,25,28H,9-12H2. The molecule has 1 atom stereocenters. The monoisotopic (exact) mass is 395 g/mol. The van der Waals surface area contributed by atoms with Gasteiger partial charge in [-0.3, -0.25) is 14.5 Å². The Morgan fingerprint density at radius 2 is 1.55 bits per heavy atom. The van der Waals surface area contributed by atoms with Gasteiger partial charge >= 0.3 is 0 Å². The van der Waals surface area contributed by atoms with Crippen molar-refractivity contribution >= 4 is 22.7 Å².